The van der Waals surface area contributed by atoms with E-state index in [1.807, 2.05) is 85.8 Å². The highest BCUT2D eigenvalue weighted by Crippen LogP contribution is 2.42. The van der Waals surface area contributed by atoms with Crippen LogP contribution in [-0.4, -0.2) is 41.1 Å². The lowest BCUT2D eigenvalue weighted by Gasteiger charge is -2.41. The molecule has 13 heteroatoms. The molecular weight excluding hydrogens is 723 g/mol. The Morgan fingerprint density at radius 2 is 1.54 bits per heavy atom. The second-order valence-electron chi connectivity index (χ2n) is 12.9. The zero-order valence-corrected chi connectivity index (χ0v) is 31.0. The number of imidazole rings is 1. The van der Waals surface area contributed by atoms with Gasteiger partial charge < -0.3 is 24.5 Å². The van der Waals surface area contributed by atoms with Gasteiger partial charge in [0, 0.05) is 18.0 Å². The van der Waals surface area contributed by atoms with Gasteiger partial charge in [0.25, 0.3) is 0 Å². The van der Waals surface area contributed by atoms with Gasteiger partial charge in [-0.3, -0.25) is 4.79 Å². The van der Waals surface area contributed by atoms with Crippen molar-refractivity contribution < 1.29 is 27.8 Å². The van der Waals surface area contributed by atoms with Crippen LogP contribution in [-0.2, 0) is 50.4 Å². The Morgan fingerprint density at radius 3 is 2.17 bits per heavy atom. The molecule has 4 aromatic carbocycles. The molecule has 0 spiro atoms. The van der Waals surface area contributed by atoms with Crippen molar-refractivity contribution in [1.29, 1.82) is 0 Å². The normalized spacial score (nSPS) is 19.6. The van der Waals surface area contributed by atoms with E-state index in [2.05, 4.69) is 21.9 Å². The SMILES string of the molecule is Cc1ccc(S(=O)(=O)N[C@H](Cc2ccccc2)C(=O)NCc2ccc(C3O[C@H](Cn4cnc(Cl)c4Cl)[C@H](C)[C@H](c4ccc(CO)cc4)O3)cc2)cc1. The first-order valence-electron chi connectivity index (χ1n) is 16.9. The number of sulfonamides is 1. The number of hydrogen-bond acceptors (Lipinski definition) is 7. The summed E-state index contributed by atoms with van der Waals surface area (Å²) in [4.78, 5) is 17.7. The molecule has 1 aliphatic heterocycles. The maximum atomic E-state index is 13.5. The van der Waals surface area contributed by atoms with Crippen LogP contribution in [0.5, 0.6) is 0 Å². The lowest BCUT2D eigenvalue weighted by Crippen LogP contribution is -2.47. The van der Waals surface area contributed by atoms with Crippen LogP contribution in [0.15, 0.2) is 114 Å². The molecule has 0 radical (unpaired) electrons. The minimum Gasteiger partial charge on any atom is -0.392 e. The number of nitrogens with zero attached hydrogens (tertiary/aromatic N) is 2. The molecule has 1 saturated heterocycles. The molecule has 0 saturated carbocycles. The van der Waals surface area contributed by atoms with Crippen molar-refractivity contribution in [3.63, 3.8) is 0 Å². The Bertz CT molecular complexity index is 2060. The van der Waals surface area contributed by atoms with E-state index in [-0.39, 0.29) is 47.7 Å². The van der Waals surface area contributed by atoms with Crippen molar-refractivity contribution in [2.75, 3.05) is 0 Å². The highest BCUT2D eigenvalue weighted by Gasteiger charge is 2.39. The minimum absolute atomic E-state index is 0.0564. The van der Waals surface area contributed by atoms with Gasteiger partial charge in [0.2, 0.25) is 15.9 Å². The Kier molecular flexibility index (Phi) is 12.1. The van der Waals surface area contributed by atoms with E-state index in [4.69, 9.17) is 32.7 Å². The first kappa shape index (κ1) is 37.7. The van der Waals surface area contributed by atoms with Gasteiger partial charge in [-0.05, 0) is 47.7 Å². The Morgan fingerprint density at radius 1 is 0.885 bits per heavy atom. The Balaban J connectivity index is 1.17. The molecule has 272 valence electrons. The molecular formula is C39H40Cl2N4O6S. The summed E-state index contributed by atoms with van der Waals surface area (Å²) < 4.78 is 44.0. The standard InChI is InChI=1S/C39H40Cl2N4O6S/c1-25-8-18-32(19-9-25)52(48,49)44-33(20-27-6-4-3-5-7-27)38(47)42-21-28-10-16-31(17-11-28)39-50-34(22-45-24-43-36(40)37(45)41)26(2)35(51-39)30-14-12-29(23-46)13-15-30/h3-19,24,26,33-35,39,44,46H,20-23H2,1-2H3,(H,42,47)/t26-,33+,34+,35+,39?/m0/s1. The molecule has 1 fully saturated rings. The first-order valence-corrected chi connectivity index (χ1v) is 19.1. The number of nitrogens with one attached hydrogen (secondary N) is 2. The number of aromatic nitrogens is 2. The number of hydrogen-bond donors (Lipinski definition) is 3. The van der Waals surface area contributed by atoms with Crippen LogP contribution in [0.4, 0.5) is 0 Å². The quantitative estimate of drug-likeness (QED) is 0.122. The molecule has 3 N–H and O–H groups in total. The highest BCUT2D eigenvalue weighted by molar-refractivity contribution is 7.89. The van der Waals surface area contributed by atoms with Crippen LogP contribution in [0, 0.1) is 12.8 Å². The van der Waals surface area contributed by atoms with E-state index >= 15 is 0 Å². The summed E-state index contributed by atoms with van der Waals surface area (Å²) in [5, 5.41) is 13.0. The van der Waals surface area contributed by atoms with E-state index in [1.165, 1.54) is 12.1 Å². The average Bonchev–Trinajstić information content (AvgIpc) is 3.47. The summed E-state index contributed by atoms with van der Waals surface area (Å²) >= 11 is 12.5. The fourth-order valence-corrected chi connectivity index (χ4v) is 7.62. The summed E-state index contributed by atoms with van der Waals surface area (Å²) in [6.45, 7) is 4.44. The number of aliphatic hydroxyl groups is 1. The van der Waals surface area contributed by atoms with Crippen LogP contribution in [0.3, 0.4) is 0 Å². The molecule has 1 aliphatic rings. The molecule has 10 nitrogen and oxygen atoms in total. The average molecular weight is 764 g/mol. The fourth-order valence-electron chi connectivity index (χ4n) is 6.11. The lowest BCUT2D eigenvalue weighted by atomic mass is 9.90. The summed E-state index contributed by atoms with van der Waals surface area (Å²) in [5.41, 5.74) is 5.06. The molecule has 0 aliphatic carbocycles. The molecule has 1 aromatic heterocycles. The van der Waals surface area contributed by atoms with E-state index in [1.54, 1.807) is 23.0 Å². The number of aliphatic hydroxyl groups excluding tert-OH is 1. The minimum atomic E-state index is -3.97. The van der Waals surface area contributed by atoms with Gasteiger partial charge in [0.1, 0.15) is 11.2 Å². The third-order valence-electron chi connectivity index (χ3n) is 9.18. The smallest absolute Gasteiger partial charge is 0.241 e. The first-order chi connectivity index (χ1) is 25.0. The molecule has 0 bridgehead atoms. The summed E-state index contributed by atoms with van der Waals surface area (Å²) in [5.74, 6) is -0.539. The van der Waals surface area contributed by atoms with Crippen molar-refractivity contribution in [1.82, 2.24) is 19.6 Å². The summed E-state index contributed by atoms with van der Waals surface area (Å²) in [6, 6.07) is 29.9. The lowest BCUT2D eigenvalue weighted by molar-refractivity contribution is -0.276. The second-order valence-corrected chi connectivity index (χ2v) is 15.4. The Hall–Kier alpha value is -4.07. The van der Waals surface area contributed by atoms with E-state index in [0.29, 0.717) is 11.7 Å². The third kappa shape index (κ3) is 9.10. The van der Waals surface area contributed by atoms with Crippen LogP contribution in [0.1, 0.15) is 52.7 Å². The predicted molar refractivity (Wildman–Crippen MR) is 199 cm³/mol. The number of carbonyl (C=O) groups excluding carboxylic acids is 1. The molecule has 5 atom stereocenters. The second kappa shape index (κ2) is 16.7. The van der Waals surface area contributed by atoms with Crippen molar-refractivity contribution >= 4 is 39.1 Å². The molecule has 1 amide bonds. The van der Waals surface area contributed by atoms with Gasteiger partial charge in [-0.15, -0.1) is 0 Å². The van der Waals surface area contributed by atoms with Gasteiger partial charge in [0.15, 0.2) is 11.4 Å². The molecule has 6 rings (SSSR count). The van der Waals surface area contributed by atoms with E-state index in [9.17, 15) is 18.3 Å². The number of carbonyl (C=O) groups is 1. The van der Waals surface area contributed by atoms with Crippen molar-refractivity contribution in [2.45, 2.75) is 69.4 Å². The van der Waals surface area contributed by atoms with Crippen molar-refractivity contribution in [3.8, 4) is 0 Å². The third-order valence-corrected chi connectivity index (χ3v) is 11.4. The maximum absolute atomic E-state index is 13.5. The zero-order valence-electron chi connectivity index (χ0n) is 28.7. The highest BCUT2D eigenvalue weighted by atomic mass is 35.5. The van der Waals surface area contributed by atoms with Gasteiger partial charge in [-0.1, -0.05) is 127 Å². The maximum Gasteiger partial charge on any atom is 0.241 e. The predicted octanol–water partition coefficient (Wildman–Crippen LogP) is 6.69. The van der Waals surface area contributed by atoms with Gasteiger partial charge >= 0.3 is 0 Å². The van der Waals surface area contributed by atoms with E-state index < -0.39 is 28.3 Å². The number of halogens is 2. The van der Waals surface area contributed by atoms with Crippen molar-refractivity contribution in [2.24, 2.45) is 5.92 Å². The summed E-state index contributed by atoms with van der Waals surface area (Å²) in [7, 11) is -3.97. The van der Waals surface area contributed by atoms with E-state index in [0.717, 1.165) is 33.4 Å². The number of rotatable bonds is 13. The van der Waals surface area contributed by atoms with Crippen LogP contribution in [0.25, 0.3) is 0 Å². The van der Waals surface area contributed by atoms with Crippen LogP contribution in [0.2, 0.25) is 10.3 Å². The monoisotopic (exact) mass is 762 g/mol. The van der Waals surface area contributed by atoms with Crippen LogP contribution >= 0.6 is 23.2 Å². The topological polar surface area (TPSA) is 132 Å². The zero-order chi connectivity index (χ0) is 36.8. The number of amides is 1. The number of ether oxygens (including phenoxy) is 2. The molecule has 52 heavy (non-hydrogen) atoms. The van der Waals surface area contributed by atoms with Crippen molar-refractivity contribution in [3.05, 3.63) is 153 Å². The van der Waals surface area contributed by atoms with Gasteiger partial charge in [-0.2, -0.15) is 4.72 Å². The summed E-state index contributed by atoms with van der Waals surface area (Å²) in [6.07, 6.45) is 0.368. The largest absolute Gasteiger partial charge is 0.392 e. The van der Waals surface area contributed by atoms with Crippen LogP contribution < -0.4 is 10.0 Å². The fraction of sp³-hybridized carbons (Fsp3) is 0.282. The van der Waals surface area contributed by atoms with Gasteiger partial charge in [-0.25, -0.2) is 13.4 Å². The van der Waals surface area contributed by atoms with Gasteiger partial charge in [0.05, 0.1) is 36.6 Å². The molecule has 5 aromatic rings. The molecule has 2 heterocycles. The molecule has 1 unspecified atom stereocenters. The number of benzene rings is 4. The number of aryl methyl sites for hydroxylation is 1. The Labute approximate surface area is 313 Å².